The lowest BCUT2D eigenvalue weighted by atomic mass is 10.2. The third kappa shape index (κ3) is 2.67. The van der Waals surface area contributed by atoms with Gasteiger partial charge in [-0.3, -0.25) is 0 Å². The molecule has 3 nitrogen and oxygen atoms in total. The van der Waals surface area contributed by atoms with Gasteiger partial charge in [0, 0.05) is 18.5 Å². The summed E-state index contributed by atoms with van der Waals surface area (Å²) in [6.07, 6.45) is 2.18. The second kappa shape index (κ2) is 5.34. The maximum Gasteiger partial charge on any atom is 0.154 e. The number of ether oxygens (including phenoxy) is 1. The average molecular weight is 259 g/mol. The van der Waals surface area contributed by atoms with Crippen LogP contribution in [0.15, 0.2) is 5.03 Å². The second-order valence-corrected chi connectivity index (χ2v) is 5.62. The van der Waals surface area contributed by atoms with Gasteiger partial charge in [0.2, 0.25) is 0 Å². The number of hydrogen-bond acceptors (Lipinski definition) is 4. The summed E-state index contributed by atoms with van der Waals surface area (Å²) in [5, 5.41) is 10.3. The Morgan fingerprint density at radius 1 is 1.19 bits per heavy atom. The minimum absolute atomic E-state index is 0.508. The van der Waals surface area contributed by atoms with Gasteiger partial charge in [-0.05, 0) is 37.8 Å². The third-order valence-corrected chi connectivity index (χ3v) is 4.64. The zero-order valence-corrected chi connectivity index (χ0v) is 11.1. The molecule has 0 saturated carbocycles. The molecule has 0 aromatic carbocycles. The fraction of sp³-hybridized carbons (Fsp3) is 0.636. The number of halogens is 1. The molecule has 0 aliphatic carbocycles. The van der Waals surface area contributed by atoms with E-state index in [1.807, 2.05) is 6.92 Å². The Hall–Kier alpha value is -0.320. The molecule has 0 atom stereocenters. The average Bonchev–Trinajstić information content (AvgIpc) is 2.31. The molecule has 88 valence electrons. The first kappa shape index (κ1) is 12.1. The van der Waals surface area contributed by atoms with Crippen LogP contribution in [0, 0.1) is 13.8 Å². The summed E-state index contributed by atoms with van der Waals surface area (Å²) in [5.74, 6) is 0. The number of aromatic nitrogens is 2. The Morgan fingerprint density at radius 2 is 1.88 bits per heavy atom. The molecule has 16 heavy (non-hydrogen) atoms. The zero-order valence-electron chi connectivity index (χ0n) is 9.49. The van der Waals surface area contributed by atoms with E-state index in [-0.39, 0.29) is 0 Å². The fourth-order valence-corrected chi connectivity index (χ4v) is 2.96. The topological polar surface area (TPSA) is 35.0 Å². The molecule has 0 amide bonds. The summed E-state index contributed by atoms with van der Waals surface area (Å²) in [7, 11) is 0. The van der Waals surface area contributed by atoms with E-state index >= 15 is 0 Å². The standard InChI is InChI=1S/C11H15ClN2OS/c1-7-8(2)11(14-13-10(7)12)16-9-3-5-15-6-4-9/h9H,3-6H2,1-2H3. The van der Waals surface area contributed by atoms with Gasteiger partial charge in [0.05, 0.1) is 0 Å². The van der Waals surface area contributed by atoms with Crippen LogP contribution in [0.2, 0.25) is 5.15 Å². The minimum atomic E-state index is 0.508. The van der Waals surface area contributed by atoms with Crippen molar-refractivity contribution in [1.82, 2.24) is 10.2 Å². The molecule has 1 saturated heterocycles. The molecule has 0 radical (unpaired) electrons. The quantitative estimate of drug-likeness (QED) is 0.817. The van der Waals surface area contributed by atoms with Crippen molar-refractivity contribution in [1.29, 1.82) is 0 Å². The van der Waals surface area contributed by atoms with Crippen molar-refractivity contribution in [2.75, 3.05) is 13.2 Å². The number of rotatable bonds is 2. The molecule has 0 bridgehead atoms. The van der Waals surface area contributed by atoms with Gasteiger partial charge in [0.1, 0.15) is 5.03 Å². The van der Waals surface area contributed by atoms with Crippen molar-refractivity contribution in [3.63, 3.8) is 0 Å². The smallest absolute Gasteiger partial charge is 0.154 e. The van der Waals surface area contributed by atoms with Crippen molar-refractivity contribution in [3.05, 3.63) is 16.3 Å². The van der Waals surface area contributed by atoms with Gasteiger partial charge < -0.3 is 4.74 Å². The highest BCUT2D eigenvalue weighted by Gasteiger charge is 2.18. The molecule has 1 aromatic rings. The molecule has 0 unspecified atom stereocenters. The van der Waals surface area contributed by atoms with E-state index in [9.17, 15) is 0 Å². The molecular weight excluding hydrogens is 244 g/mol. The van der Waals surface area contributed by atoms with Crippen LogP contribution in [0.25, 0.3) is 0 Å². The fourth-order valence-electron chi connectivity index (χ4n) is 1.62. The largest absolute Gasteiger partial charge is 0.381 e. The highest BCUT2D eigenvalue weighted by molar-refractivity contribution is 7.99. The lowest BCUT2D eigenvalue weighted by Gasteiger charge is -2.21. The first-order valence-electron chi connectivity index (χ1n) is 5.42. The van der Waals surface area contributed by atoms with E-state index in [1.54, 1.807) is 11.8 Å². The first-order chi connectivity index (χ1) is 7.68. The van der Waals surface area contributed by atoms with Crippen LogP contribution in [-0.4, -0.2) is 28.7 Å². The molecule has 2 rings (SSSR count). The van der Waals surface area contributed by atoms with Crippen molar-refractivity contribution >= 4 is 23.4 Å². The lowest BCUT2D eigenvalue weighted by Crippen LogP contribution is -2.17. The van der Waals surface area contributed by atoms with Crippen LogP contribution in [0.1, 0.15) is 24.0 Å². The molecule has 1 aliphatic rings. The molecule has 0 spiro atoms. The monoisotopic (exact) mass is 258 g/mol. The van der Waals surface area contributed by atoms with E-state index in [1.165, 1.54) is 0 Å². The van der Waals surface area contributed by atoms with E-state index in [4.69, 9.17) is 16.3 Å². The van der Waals surface area contributed by atoms with E-state index < -0.39 is 0 Å². The highest BCUT2D eigenvalue weighted by Crippen LogP contribution is 2.32. The molecule has 5 heteroatoms. The van der Waals surface area contributed by atoms with Crippen LogP contribution in [-0.2, 0) is 4.74 Å². The lowest BCUT2D eigenvalue weighted by molar-refractivity contribution is 0.1000. The normalized spacial score (nSPS) is 17.7. The SMILES string of the molecule is Cc1c(Cl)nnc(SC2CCOCC2)c1C. The van der Waals surface area contributed by atoms with Gasteiger partial charge >= 0.3 is 0 Å². The molecule has 2 heterocycles. The van der Waals surface area contributed by atoms with Gasteiger partial charge in [-0.25, -0.2) is 0 Å². The van der Waals surface area contributed by atoms with E-state index in [2.05, 4.69) is 17.1 Å². The van der Waals surface area contributed by atoms with Crippen LogP contribution < -0.4 is 0 Å². The van der Waals surface area contributed by atoms with Crippen LogP contribution in [0.5, 0.6) is 0 Å². The maximum atomic E-state index is 5.93. The van der Waals surface area contributed by atoms with Gasteiger partial charge in [0.15, 0.2) is 5.15 Å². The van der Waals surface area contributed by atoms with Crippen LogP contribution in [0.3, 0.4) is 0 Å². The number of hydrogen-bond donors (Lipinski definition) is 0. The molecule has 1 aliphatic heterocycles. The maximum absolute atomic E-state index is 5.93. The van der Waals surface area contributed by atoms with E-state index in [0.717, 1.165) is 42.2 Å². The summed E-state index contributed by atoms with van der Waals surface area (Å²) in [5.41, 5.74) is 2.18. The summed E-state index contributed by atoms with van der Waals surface area (Å²) in [6.45, 7) is 5.76. The summed E-state index contributed by atoms with van der Waals surface area (Å²) < 4.78 is 5.34. The molecular formula is C11H15ClN2OS. The van der Waals surface area contributed by atoms with E-state index in [0.29, 0.717) is 10.4 Å². The van der Waals surface area contributed by atoms with Gasteiger partial charge in [0.25, 0.3) is 0 Å². The first-order valence-corrected chi connectivity index (χ1v) is 6.68. The molecule has 1 aromatic heterocycles. The Balaban J connectivity index is 2.11. The van der Waals surface area contributed by atoms with Crippen LogP contribution >= 0.6 is 23.4 Å². The summed E-state index contributed by atoms with van der Waals surface area (Å²) in [4.78, 5) is 0. The third-order valence-electron chi connectivity index (χ3n) is 2.87. The van der Waals surface area contributed by atoms with Gasteiger partial charge in [-0.1, -0.05) is 11.6 Å². The summed E-state index contributed by atoms with van der Waals surface area (Å²) >= 11 is 7.73. The highest BCUT2D eigenvalue weighted by atomic mass is 35.5. The summed E-state index contributed by atoms with van der Waals surface area (Å²) in [6, 6.07) is 0. The minimum Gasteiger partial charge on any atom is -0.381 e. The van der Waals surface area contributed by atoms with Crippen LogP contribution in [0.4, 0.5) is 0 Å². The number of nitrogens with zero attached hydrogens (tertiary/aromatic N) is 2. The Labute approximate surface area is 105 Å². The predicted molar refractivity (Wildman–Crippen MR) is 66.2 cm³/mol. The van der Waals surface area contributed by atoms with Crippen molar-refractivity contribution in [3.8, 4) is 0 Å². The predicted octanol–water partition coefficient (Wildman–Crippen LogP) is 3.02. The second-order valence-electron chi connectivity index (χ2n) is 3.98. The van der Waals surface area contributed by atoms with Gasteiger partial charge in [-0.2, -0.15) is 0 Å². The Bertz CT molecular complexity index is 380. The van der Waals surface area contributed by atoms with Crippen molar-refractivity contribution in [2.45, 2.75) is 37.0 Å². The number of thioether (sulfide) groups is 1. The zero-order chi connectivity index (χ0) is 11.5. The Kier molecular flexibility index (Phi) is 4.05. The van der Waals surface area contributed by atoms with Crippen molar-refractivity contribution in [2.24, 2.45) is 0 Å². The molecule has 1 fully saturated rings. The van der Waals surface area contributed by atoms with Crippen molar-refractivity contribution < 1.29 is 4.74 Å². The van der Waals surface area contributed by atoms with Gasteiger partial charge in [-0.15, -0.1) is 22.0 Å². The Morgan fingerprint density at radius 3 is 2.56 bits per heavy atom. The molecule has 0 N–H and O–H groups in total.